The highest BCUT2D eigenvalue weighted by Gasteiger charge is 2.29. The Balaban J connectivity index is 1.26. The molecule has 1 N–H and O–H groups in total. The van der Waals surface area contributed by atoms with Crippen molar-refractivity contribution in [1.29, 1.82) is 0 Å². The van der Waals surface area contributed by atoms with Crippen molar-refractivity contribution in [3.8, 4) is 22.5 Å². The van der Waals surface area contributed by atoms with Crippen LogP contribution in [0.2, 0.25) is 0 Å². The van der Waals surface area contributed by atoms with E-state index in [1.54, 1.807) is 10.9 Å². The third-order valence-corrected chi connectivity index (χ3v) is 6.80. The van der Waals surface area contributed by atoms with Crippen molar-refractivity contribution in [1.82, 2.24) is 35.1 Å². The van der Waals surface area contributed by atoms with Crippen molar-refractivity contribution in [3.63, 3.8) is 0 Å². The second-order valence-electron chi connectivity index (χ2n) is 9.27. The van der Waals surface area contributed by atoms with Crippen molar-refractivity contribution in [2.24, 2.45) is 0 Å². The molecule has 1 unspecified atom stereocenters. The first-order valence-electron chi connectivity index (χ1n) is 12.0. The molecule has 37 heavy (non-hydrogen) atoms. The molecule has 186 valence electrons. The molecule has 5 aromatic rings. The van der Waals surface area contributed by atoms with Gasteiger partial charge in [0, 0.05) is 46.9 Å². The minimum Gasteiger partial charge on any atom is -0.336 e. The number of fused-ring (bicyclic) bond motifs is 1. The lowest BCUT2D eigenvalue weighted by atomic mass is 10.0. The predicted molar refractivity (Wildman–Crippen MR) is 133 cm³/mol. The number of aromatic amines is 1. The lowest BCUT2D eigenvalue weighted by Gasteiger charge is -2.32. The van der Waals surface area contributed by atoms with Crippen LogP contribution >= 0.6 is 0 Å². The Bertz CT molecular complexity index is 1610. The van der Waals surface area contributed by atoms with Crippen molar-refractivity contribution < 1.29 is 13.6 Å². The molecule has 1 aliphatic heterocycles. The second kappa shape index (κ2) is 9.20. The summed E-state index contributed by atoms with van der Waals surface area (Å²) >= 11 is 0. The van der Waals surface area contributed by atoms with E-state index in [4.69, 9.17) is 0 Å². The quantitative estimate of drug-likeness (QED) is 0.374. The summed E-state index contributed by atoms with van der Waals surface area (Å²) in [6.07, 6.45) is 4.45. The van der Waals surface area contributed by atoms with Gasteiger partial charge in [-0.1, -0.05) is 17.3 Å². The molecule has 1 fully saturated rings. The third kappa shape index (κ3) is 4.35. The number of amides is 1. The van der Waals surface area contributed by atoms with Gasteiger partial charge in [-0.05, 0) is 49.7 Å². The number of carbonyl (C=O) groups is 1. The predicted octanol–water partition coefficient (Wildman–Crippen LogP) is 4.83. The molecule has 0 radical (unpaired) electrons. The Hall–Kier alpha value is -4.47. The van der Waals surface area contributed by atoms with Crippen LogP contribution in [-0.2, 0) is 11.3 Å². The molecule has 0 bridgehead atoms. The standard InChI is InChI=1S/C27H23F2N7O/c1-16-11-18(9-10-30-16)27-20-12-17(5-7-24(20)31-33-27)25-15-36(34-32-25)19-6-8-26(37)35(13-19)14-21-22(28)3-2-4-23(21)29/h2-5,7,9-12,15,19H,6,8,13-14H2,1H3,(H,31,33). The zero-order valence-corrected chi connectivity index (χ0v) is 20.0. The highest BCUT2D eigenvalue weighted by atomic mass is 19.1. The number of halogens is 2. The fraction of sp³-hybridized carbons (Fsp3) is 0.222. The van der Waals surface area contributed by atoms with Gasteiger partial charge in [-0.3, -0.25) is 14.9 Å². The van der Waals surface area contributed by atoms with E-state index in [0.29, 0.717) is 18.7 Å². The van der Waals surface area contributed by atoms with Crippen LogP contribution in [0.5, 0.6) is 0 Å². The smallest absolute Gasteiger partial charge is 0.223 e. The topological polar surface area (TPSA) is 92.6 Å². The van der Waals surface area contributed by atoms with Crippen LogP contribution in [0.4, 0.5) is 8.78 Å². The molecule has 6 rings (SSSR count). The Morgan fingerprint density at radius 3 is 2.73 bits per heavy atom. The van der Waals surface area contributed by atoms with Gasteiger partial charge >= 0.3 is 0 Å². The van der Waals surface area contributed by atoms with E-state index in [2.05, 4.69) is 25.5 Å². The average Bonchev–Trinajstić information content (AvgIpc) is 3.55. The first-order chi connectivity index (χ1) is 18.0. The molecule has 3 aromatic heterocycles. The van der Waals surface area contributed by atoms with Gasteiger partial charge in [0.05, 0.1) is 24.3 Å². The molecular weight excluding hydrogens is 476 g/mol. The lowest BCUT2D eigenvalue weighted by molar-refractivity contribution is -0.135. The number of pyridine rings is 1. The number of likely N-dealkylation sites (tertiary alicyclic amines) is 1. The lowest BCUT2D eigenvalue weighted by Crippen LogP contribution is -2.40. The molecule has 10 heteroatoms. The summed E-state index contributed by atoms with van der Waals surface area (Å²) in [6.45, 7) is 2.11. The zero-order chi connectivity index (χ0) is 25.5. The normalized spacial score (nSPS) is 16.0. The van der Waals surface area contributed by atoms with E-state index in [1.165, 1.54) is 23.1 Å². The highest BCUT2D eigenvalue weighted by Crippen LogP contribution is 2.31. The molecule has 1 saturated heterocycles. The summed E-state index contributed by atoms with van der Waals surface area (Å²) in [5.74, 6) is -1.45. The molecule has 8 nitrogen and oxygen atoms in total. The van der Waals surface area contributed by atoms with Crippen molar-refractivity contribution in [2.45, 2.75) is 32.4 Å². The number of rotatable bonds is 5. The Morgan fingerprint density at radius 2 is 1.92 bits per heavy atom. The van der Waals surface area contributed by atoms with E-state index < -0.39 is 11.6 Å². The number of benzene rings is 2. The molecule has 0 aliphatic carbocycles. The minimum absolute atomic E-state index is 0.107. The summed E-state index contributed by atoms with van der Waals surface area (Å²) < 4.78 is 30.1. The average molecular weight is 500 g/mol. The van der Waals surface area contributed by atoms with Gasteiger partial charge in [0.25, 0.3) is 0 Å². The first kappa shape index (κ1) is 23.0. The maximum atomic E-state index is 14.2. The summed E-state index contributed by atoms with van der Waals surface area (Å²) in [5.41, 5.74) is 5.07. The molecular formula is C27H23F2N7O. The zero-order valence-electron chi connectivity index (χ0n) is 20.0. The van der Waals surface area contributed by atoms with Crippen LogP contribution in [0, 0.1) is 18.6 Å². The number of carbonyl (C=O) groups excluding carboxylic acids is 1. The first-order valence-corrected chi connectivity index (χ1v) is 12.0. The number of aromatic nitrogens is 6. The second-order valence-corrected chi connectivity index (χ2v) is 9.27. The van der Waals surface area contributed by atoms with Gasteiger partial charge in [0.15, 0.2) is 0 Å². The van der Waals surface area contributed by atoms with Gasteiger partial charge in [-0.25, -0.2) is 13.5 Å². The maximum absolute atomic E-state index is 14.2. The van der Waals surface area contributed by atoms with Crippen molar-refractivity contribution >= 4 is 16.8 Å². The number of nitrogens with one attached hydrogen (secondary N) is 1. The van der Waals surface area contributed by atoms with Crippen LogP contribution in [0.15, 0.2) is 60.9 Å². The fourth-order valence-corrected chi connectivity index (χ4v) is 4.81. The summed E-state index contributed by atoms with van der Waals surface area (Å²) in [6, 6.07) is 13.4. The van der Waals surface area contributed by atoms with E-state index >= 15 is 0 Å². The number of nitrogens with zero attached hydrogens (tertiary/aromatic N) is 6. The molecule has 1 atom stereocenters. The van der Waals surface area contributed by atoms with Gasteiger partial charge in [-0.15, -0.1) is 5.10 Å². The number of hydrogen-bond donors (Lipinski definition) is 1. The van der Waals surface area contributed by atoms with E-state index in [1.807, 2.05) is 43.5 Å². The molecule has 0 saturated carbocycles. The van der Waals surface area contributed by atoms with Crippen LogP contribution in [-0.4, -0.2) is 47.5 Å². The summed E-state index contributed by atoms with van der Waals surface area (Å²) in [7, 11) is 0. The van der Waals surface area contributed by atoms with Crippen LogP contribution in [0.25, 0.3) is 33.4 Å². The molecule has 1 amide bonds. The third-order valence-electron chi connectivity index (χ3n) is 6.80. The van der Waals surface area contributed by atoms with Gasteiger partial charge in [-0.2, -0.15) is 5.10 Å². The summed E-state index contributed by atoms with van der Waals surface area (Å²) in [4.78, 5) is 18.3. The Morgan fingerprint density at radius 1 is 1.08 bits per heavy atom. The largest absolute Gasteiger partial charge is 0.336 e. The van der Waals surface area contributed by atoms with Crippen LogP contribution in [0.1, 0.15) is 30.1 Å². The molecule has 4 heterocycles. The molecule has 0 spiro atoms. The number of piperidine rings is 1. The van der Waals surface area contributed by atoms with Crippen molar-refractivity contribution in [2.75, 3.05) is 6.54 Å². The molecule has 1 aliphatic rings. The minimum atomic E-state index is -0.658. The number of hydrogen-bond acceptors (Lipinski definition) is 5. The molecule has 2 aromatic carbocycles. The van der Waals surface area contributed by atoms with E-state index in [-0.39, 0.29) is 30.5 Å². The number of H-pyrrole nitrogens is 1. The van der Waals surface area contributed by atoms with Gasteiger partial charge in [0.1, 0.15) is 23.0 Å². The number of aryl methyl sites for hydroxylation is 1. The summed E-state index contributed by atoms with van der Waals surface area (Å²) in [5, 5.41) is 17.2. The monoisotopic (exact) mass is 499 g/mol. The van der Waals surface area contributed by atoms with Gasteiger partial charge < -0.3 is 4.90 Å². The Kier molecular flexibility index (Phi) is 5.71. The van der Waals surface area contributed by atoms with Crippen LogP contribution in [0.3, 0.4) is 0 Å². The Labute approximate surface area is 210 Å². The van der Waals surface area contributed by atoms with E-state index in [0.717, 1.165) is 33.4 Å². The van der Waals surface area contributed by atoms with Gasteiger partial charge in [0.2, 0.25) is 5.91 Å². The SMILES string of the molecule is Cc1cc(-c2n[nH]c3ccc(-c4cn(C5CCC(=O)N(Cc6c(F)cccc6F)C5)nn4)cc23)ccn1. The van der Waals surface area contributed by atoms with Crippen LogP contribution < -0.4 is 0 Å². The maximum Gasteiger partial charge on any atom is 0.223 e. The van der Waals surface area contributed by atoms with E-state index in [9.17, 15) is 13.6 Å². The fourth-order valence-electron chi connectivity index (χ4n) is 4.81. The van der Waals surface area contributed by atoms with Crippen molar-refractivity contribution in [3.05, 3.63) is 83.8 Å². The highest BCUT2D eigenvalue weighted by molar-refractivity contribution is 5.95.